The largest absolute Gasteiger partial charge is 0.424 e. The third-order valence-electron chi connectivity index (χ3n) is 2.90. The molecule has 0 aliphatic heterocycles. The van der Waals surface area contributed by atoms with Crippen molar-refractivity contribution in [2.75, 3.05) is 0 Å². The van der Waals surface area contributed by atoms with E-state index in [1.165, 1.54) is 31.2 Å². The molecule has 0 fully saturated rings. The molecule has 0 saturated heterocycles. The summed E-state index contributed by atoms with van der Waals surface area (Å²) in [6.45, 7) is 3.26. The van der Waals surface area contributed by atoms with Gasteiger partial charge in [-0.1, -0.05) is 19.8 Å². The average Bonchev–Trinajstić information content (AvgIpc) is 2.39. The van der Waals surface area contributed by atoms with E-state index in [4.69, 9.17) is 4.74 Å². The number of alkyl halides is 1. The number of rotatable bonds is 7. The Bertz CT molecular complexity index is 424. The predicted molar refractivity (Wildman–Crippen MR) is 71.1 cm³/mol. The Morgan fingerprint density at radius 1 is 1.32 bits per heavy atom. The van der Waals surface area contributed by atoms with Crippen LogP contribution < -0.4 is 4.74 Å². The van der Waals surface area contributed by atoms with E-state index < -0.39 is 11.6 Å². The number of aldehydes is 1. The molecule has 3 nitrogen and oxygen atoms in total. The summed E-state index contributed by atoms with van der Waals surface area (Å²) in [5.74, 6) is -0.641. The fraction of sp³-hybridized carbons (Fsp3) is 0.467. The van der Waals surface area contributed by atoms with Crippen LogP contribution in [-0.4, -0.2) is 17.9 Å². The van der Waals surface area contributed by atoms with Gasteiger partial charge in [0.1, 0.15) is 12.0 Å². The van der Waals surface area contributed by atoms with Gasteiger partial charge in [-0.25, -0.2) is 9.18 Å². The lowest BCUT2D eigenvalue weighted by molar-refractivity contribution is -0.147. The highest BCUT2D eigenvalue weighted by Crippen LogP contribution is 2.23. The number of unbranched alkanes of at least 4 members (excludes halogenated alkanes) is 2. The second kappa shape index (κ2) is 7.02. The number of halogens is 1. The maximum atomic E-state index is 14.1. The van der Waals surface area contributed by atoms with Crippen LogP contribution in [0.2, 0.25) is 0 Å². The summed E-state index contributed by atoms with van der Waals surface area (Å²) in [5.41, 5.74) is -1.50. The maximum Gasteiger partial charge on any atom is 0.348 e. The highest BCUT2D eigenvalue weighted by Gasteiger charge is 2.34. The minimum absolute atomic E-state index is 0.159. The van der Waals surface area contributed by atoms with Crippen LogP contribution in [0.15, 0.2) is 24.3 Å². The Balaban J connectivity index is 2.59. The first-order valence-electron chi connectivity index (χ1n) is 6.46. The topological polar surface area (TPSA) is 43.4 Å². The molecule has 104 valence electrons. The van der Waals surface area contributed by atoms with Crippen molar-refractivity contribution in [2.24, 2.45) is 0 Å². The Morgan fingerprint density at radius 2 is 1.95 bits per heavy atom. The molecule has 19 heavy (non-hydrogen) atoms. The van der Waals surface area contributed by atoms with Crippen molar-refractivity contribution >= 4 is 12.3 Å². The first kappa shape index (κ1) is 15.3. The first-order valence-corrected chi connectivity index (χ1v) is 6.46. The molecule has 0 saturated carbocycles. The van der Waals surface area contributed by atoms with E-state index in [9.17, 15) is 14.0 Å². The number of carbonyl (C=O) groups excluding carboxylic acids is 2. The van der Waals surface area contributed by atoms with Crippen LogP contribution >= 0.6 is 0 Å². The summed E-state index contributed by atoms with van der Waals surface area (Å²) in [4.78, 5) is 22.2. The predicted octanol–water partition coefficient (Wildman–Crippen LogP) is 3.71. The second-order valence-electron chi connectivity index (χ2n) is 4.73. The van der Waals surface area contributed by atoms with E-state index >= 15 is 0 Å². The van der Waals surface area contributed by atoms with Gasteiger partial charge < -0.3 is 4.74 Å². The molecule has 0 heterocycles. The standard InChI is InChI=1S/C15H19FO3/c1-3-4-5-10-15(2,16)14(18)19-13-8-6-12(11-17)7-9-13/h6-9,11H,3-5,10H2,1-2H3. The van der Waals surface area contributed by atoms with Crippen LogP contribution in [0.4, 0.5) is 4.39 Å². The molecule has 1 aromatic carbocycles. The molecule has 1 atom stereocenters. The Hall–Kier alpha value is -1.71. The summed E-state index contributed by atoms with van der Waals surface area (Å²) in [6.07, 6.45) is 3.36. The Morgan fingerprint density at radius 3 is 2.47 bits per heavy atom. The van der Waals surface area contributed by atoms with Gasteiger partial charge in [0.05, 0.1) is 0 Å². The molecular weight excluding hydrogens is 247 g/mol. The fourth-order valence-electron chi connectivity index (χ4n) is 1.64. The number of esters is 1. The zero-order valence-corrected chi connectivity index (χ0v) is 11.3. The number of hydrogen-bond acceptors (Lipinski definition) is 3. The second-order valence-corrected chi connectivity index (χ2v) is 4.73. The van der Waals surface area contributed by atoms with E-state index in [-0.39, 0.29) is 12.2 Å². The zero-order valence-electron chi connectivity index (χ0n) is 11.3. The van der Waals surface area contributed by atoms with Gasteiger partial charge in [-0.15, -0.1) is 0 Å². The highest BCUT2D eigenvalue weighted by atomic mass is 19.1. The van der Waals surface area contributed by atoms with Crippen molar-refractivity contribution < 1.29 is 18.7 Å². The zero-order chi connectivity index (χ0) is 14.3. The molecule has 1 unspecified atom stereocenters. The number of ether oxygens (including phenoxy) is 1. The van der Waals surface area contributed by atoms with Crippen LogP contribution in [0.3, 0.4) is 0 Å². The lowest BCUT2D eigenvalue weighted by Gasteiger charge is -2.18. The lowest BCUT2D eigenvalue weighted by Crippen LogP contribution is -2.34. The molecule has 0 aliphatic rings. The highest BCUT2D eigenvalue weighted by molar-refractivity contribution is 5.81. The third-order valence-corrected chi connectivity index (χ3v) is 2.90. The van der Waals surface area contributed by atoms with Gasteiger partial charge in [0, 0.05) is 5.56 Å². The van der Waals surface area contributed by atoms with Gasteiger partial charge in [-0.3, -0.25) is 4.79 Å². The minimum atomic E-state index is -1.97. The quantitative estimate of drug-likeness (QED) is 0.327. The molecule has 0 N–H and O–H groups in total. The van der Waals surface area contributed by atoms with E-state index in [0.29, 0.717) is 18.3 Å². The van der Waals surface area contributed by atoms with Gasteiger partial charge >= 0.3 is 5.97 Å². The van der Waals surface area contributed by atoms with Crippen molar-refractivity contribution in [3.8, 4) is 5.75 Å². The summed E-state index contributed by atoms with van der Waals surface area (Å²) < 4.78 is 19.1. The molecule has 1 rings (SSSR count). The van der Waals surface area contributed by atoms with Gasteiger partial charge in [-0.05, 0) is 44.0 Å². The molecule has 1 aromatic rings. The van der Waals surface area contributed by atoms with Crippen LogP contribution in [-0.2, 0) is 4.79 Å². The van der Waals surface area contributed by atoms with E-state index in [0.717, 1.165) is 12.8 Å². The van der Waals surface area contributed by atoms with Crippen molar-refractivity contribution in [3.63, 3.8) is 0 Å². The van der Waals surface area contributed by atoms with Crippen LogP contribution in [0.5, 0.6) is 5.75 Å². The molecule has 4 heteroatoms. The van der Waals surface area contributed by atoms with Crippen molar-refractivity contribution in [1.29, 1.82) is 0 Å². The van der Waals surface area contributed by atoms with Crippen LogP contribution in [0, 0.1) is 0 Å². The summed E-state index contributed by atoms with van der Waals surface area (Å²) in [6, 6.07) is 5.98. The average molecular weight is 266 g/mol. The summed E-state index contributed by atoms with van der Waals surface area (Å²) in [7, 11) is 0. The van der Waals surface area contributed by atoms with Crippen molar-refractivity contribution in [1.82, 2.24) is 0 Å². The molecule has 0 spiro atoms. The minimum Gasteiger partial charge on any atom is -0.424 e. The van der Waals surface area contributed by atoms with E-state index in [2.05, 4.69) is 0 Å². The first-order chi connectivity index (χ1) is 8.99. The number of carbonyl (C=O) groups is 2. The van der Waals surface area contributed by atoms with Crippen LogP contribution in [0.1, 0.15) is 49.9 Å². The molecule has 0 amide bonds. The van der Waals surface area contributed by atoms with Gasteiger partial charge in [0.25, 0.3) is 0 Å². The Labute approximate surface area is 112 Å². The van der Waals surface area contributed by atoms with Gasteiger partial charge in [-0.2, -0.15) is 0 Å². The summed E-state index contributed by atoms with van der Waals surface area (Å²) in [5, 5.41) is 0. The smallest absolute Gasteiger partial charge is 0.348 e. The van der Waals surface area contributed by atoms with Crippen molar-refractivity contribution in [2.45, 2.75) is 45.2 Å². The molecule has 0 aromatic heterocycles. The van der Waals surface area contributed by atoms with Crippen LogP contribution in [0.25, 0.3) is 0 Å². The fourth-order valence-corrected chi connectivity index (χ4v) is 1.64. The van der Waals surface area contributed by atoms with Crippen molar-refractivity contribution in [3.05, 3.63) is 29.8 Å². The molecular formula is C15H19FO3. The molecule has 0 aliphatic carbocycles. The van der Waals surface area contributed by atoms with Gasteiger partial charge in [0.15, 0.2) is 0 Å². The Kier molecular flexibility index (Phi) is 5.67. The number of hydrogen-bond donors (Lipinski definition) is 0. The number of benzene rings is 1. The maximum absolute atomic E-state index is 14.1. The lowest BCUT2D eigenvalue weighted by atomic mass is 10.0. The summed E-state index contributed by atoms with van der Waals surface area (Å²) >= 11 is 0. The molecule has 0 bridgehead atoms. The monoisotopic (exact) mass is 266 g/mol. The van der Waals surface area contributed by atoms with E-state index in [1.807, 2.05) is 6.92 Å². The SMILES string of the molecule is CCCCCC(C)(F)C(=O)Oc1ccc(C=O)cc1. The van der Waals surface area contributed by atoms with E-state index in [1.54, 1.807) is 0 Å². The third kappa shape index (κ3) is 4.81. The molecule has 0 radical (unpaired) electrons. The normalized spacial score (nSPS) is 13.6. The van der Waals surface area contributed by atoms with Gasteiger partial charge in [0.2, 0.25) is 5.67 Å².